The minimum atomic E-state index is -0.990. The second-order valence-electron chi connectivity index (χ2n) is 9.73. The Hall–Kier alpha value is -3.01. The molecule has 3 aromatic rings. The molecule has 0 saturated heterocycles. The van der Waals surface area contributed by atoms with Crippen molar-refractivity contribution in [2.24, 2.45) is 5.92 Å². The second kappa shape index (κ2) is 12.3. The van der Waals surface area contributed by atoms with Crippen LogP contribution in [-0.2, 0) is 0 Å². The van der Waals surface area contributed by atoms with Gasteiger partial charge in [0.1, 0.15) is 5.82 Å². The van der Waals surface area contributed by atoms with Crippen molar-refractivity contribution < 1.29 is 17.9 Å². The molecule has 1 nitrogen and oxygen atoms in total. The lowest BCUT2D eigenvalue weighted by atomic mass is 9.83. The van der Waals surface area contributed by atoms with Gasteiger partial charge in [-0.25, -0.2) is 8.78 Å². The van der Waals surface area contributed by atoms with Gasteiger partial charge in [-0.2, -0.15) is 4.39 Å². The van der Waals surface area contributed by atoms with Crippen LogP contribution in [0.15, 0.2) is 60.7 Å². The maximum atomic E-state index is 15.1. The molecule has 0 saturated carbocycles. The largest absolute Gasteiger partial charge is 0.490 e. The monoisotopic (exact) mass is 492 g/mol. The molecular formula is C32H35F3O. The quantitative estimate of drug-likeness (QED) is 0.256. The fraction of sp³-hybridized carbons (Fsp3) is 0.375. The highest BCUT2D eigenvalue weighted by Gasteiger charge is 2.18. The molecule has 4 heteroatoms. The number of hydrogen-bond acceptors (Lipinski definition) is 1. The summed E-state index contributed by atoms with van der Waals surface area (Å²) >= 11 is 0. The summed E-state index contributed by atoms with van der Waals surface area (Å²) in [5.41, 5.74) is 4.04. The molecule has 1 atom stereocenters. The highest BCUT2D eigenvalue weighted by atomic mass is 19.2. The van der Waals surface area contributed by atoms with Crippen molar-refractivity contribution in [2.45, 2.75) is 65.2 Å². The molecule has 0 N–H and O–H groups in total. The number of unbranched alkanes of at least 4 members (excludes halogenated alkanes) is 2. The third-order valence-electron chi connectivity index (χ3n) is 7.09. The third-order valence-corrected chi connectivity index (χ3v) is 7.09. The van der Waals surface area contributed by atoms with E-state index in [2.05, 4.69) is 13.0 Å². The molecule has 0 aromatic heterocycles. The van der Waals surface area contributed by atoms with Crippen LogP contribution in [0, 0.1) is 23.4 Å². The normalized spacial score (nSPS) is 15.6. The van der Waals surface area contributed by atoms with Crippen molar-refractivity contribution >= 4 is 5.57 Å². The van der Waals surface area contributed by atoms with E-state index < -0.39 is 11.6 Å². The van der Waals surface area contributed by atoms with Crippen LogP contribution in [0.5, 0.6) is 5.75 Å². The van der Waals surface area contributed by atoms with E-state index >= 15 is 4.39 Å². The van der Waals surface area contributed by atoms with Crippen LogP contribution < -0.4 is 4.74 Å². The number of hydrogen-bond donors (Lipinski definition) is 0. The summed E-state index contributed by atoms with van der Waals surface area (Å²) in [6.07, 6.45) is 11.4. The molecule has 4 rings (SSSR count). The van der Waals surface area contributed by atoms with E-state index in [-0.39, 0.29) is 17.1 Å². The van der Waals surface area contributed by atoms with E-state index in [1.54, 1.807) is 30.3 Å². The van der Waals surface area contributed by atoms with Gasteiger partial charge >= 0.3 is 0 Å². The van der Waals surface area contributed by atoms with Gasteiger partial charge in [0, 0.05) is 11.1 Å². The van der Waals surface area contributed by atoms with Gasteiger partial charge in [-0.1, -0.05) is 82.0 Å². The number of ether oxygens (including phenoxy) is 1. The van der Waals surface area contributed by atoms with E-state index in [0.29, 0.717) is 29.7 Å². The van der Waals surface area contributed by atoms with Crippen LogP contribution in [0.25, 0.3) is 27.8 Å². The zero-order valence-corrected chi connectivity index (χ0v) is 21.3. The highest BCUT2D eigenvalue weighted by molar-refractivity contribution is 5.74. The SMILES string of the molecule is CCCCCC1CC=C(c2ccc(-c3ccc(-c4ccc(OCCC)c(F)c4F)cc3)c(F)c2)CC1. The van der Waals surface area contributed by atoms with Gasteiger partial charge in [0.15, 0.2) is 11.6 Å². The summed E-state index contributed by atoms with van der Waals surface area (Å²) in [5.74, 6) is -1.55. The molecule has 0 aliphatic heterocycles. The molecule has 190 valence electrons. The maximum Gasteiger partial charge on any atom is 0.201 e. The highest BCUT2D eigenvalue weighted by Crippen LogP contribution is 2.35. The van der Waals surface area contributed by atoms with Crippen molar-refractivity contribution in [2.75, 3.05) is 6.61 Å². The molecule has 0 amide bonds. The molecule has 0 heterocycles. The predicted octanol–water partition coefficient (Wildman–Crippen LogP) is 9.99. The zero-order valence-electron chi connectivity index (χ0n) is 21.3. The Kier molecular flexibility index (Phi) is 8.90. The Bertz CT molecular complexity index is 1200. The first-order valence-corrected chi connectivity index (χ1v) is 13.2. The summed E-state index contributed by atoms with van der Waals surface area (Å²) in [6, 6.07) is 15.2. The van der Waals surface area contributed by atoms with Crippen molar-refractivity contribution in [1.82, 2.24) is 0 Å². The Labute approximate surface area is 213 Å². The molecule has 1 unspecified atom stereocenters. The van der Waals surface area contributed by atoms with Gasteiger partial charge in [-0.05, 0) is 72.1 Å². The topological polar surface area (TPSA) is 9.23 Å². The molecule has 36 heavy (non-hydrogen) atoms. The van der Waals surface area contributed by atoms with Crippen LogP contribution in [0.3, 0.4) is 0 Å². The van der Waals surface area contributed by atoms with Crippen molar-refractivity contribution in [3.8, 4) is 28.0 Å². The predicted molar refractivity (Wildman–Crippen MR) is 142 cm³/mol. The minimum absolute atomic E-state index is 0.0861. The van der Waals surface area contributed by atoms with E-state index in [1.807, 2.05) is 19.1 Å². The van der Waals surface area contributed by atoms with E-state index in [1.165, 1.54) is 49.8 Å². The van der Waals surface area contributed by atoms with Crippen molar-refractivity contribution in [3.63, 3.8) is 0 Å². The molecule has 0 spiro atoms. The first-order chi connectivity index (χ1) is 17.5. The first kappa shape index (κ1) is 26.1. The standard InChI is InChI=1S/C32H35F3O/c1-3-5-6-7-22-8-10-23(11-9-22)26-16-17-27(29(33)21-26)24-12-14-25(15-13-24)28-18-19-30(36-20-4-2)32(35)31(28)34/h10,12-19,21-22H,3-9,11,20H2,1-2H3. The van der Waals surface area contributed by atoms with Gasteiger partial charge < -0.3 is 4.74 Å². The van der Waals surface area contributed by atoms with E-state index in [0.717, 1.165) is 24.3 Å². The lowest BCUT2D eigenvalue weighted by Crippen LogP contribution is -2.05. The van der Waals surface area contributed by atoms with Gasteiger partial charge in [-0.15, -0.1) is 0 Å². The Morgan fingerprint density at radius 3 is 2.11 bits per heavy atom. The number of rotatable bonds is 10. The Morgan fingerprint density at radius 1 is 0.778 bits per heavy atom. The lowest BCUT2D eigenvalue weighted by molar-refractivity contribution is 0.295. The van der Waals surface area contributed by atoms with Crippen LogP contribution >= 0.6 is 0 Å². The van der Waals surface area contributed by atoms with Gasteiger partial charge in [0.05, 0.1) is 6.61 Å². The van der Waals surface area contributed by atoms with Gasteiger partial charge in [-0.3, -0.25) is 0 Å². The Morgan fingerprint density at radius 2 is 1.47 bits per heavy atom. The molecule has 1 aliphatic carbocycles. The molecule has 0 radical (unpaired) electrons. The average Bonchev–Trinajstić information content (AvgIpc) is 2.90. The van der Waals surface area contributed by atoms with Crippen LogP contribution in [0.1, 0.15) is 70.8 Å². The summed E-state index contributed by atoms with van der Waals surface area (Å²) < 4.78 is 49.4. The summed E-state index contributed by atoms with van der Waals surface area (Å²) in [7, 11) is 0. The summed E-state index contributed by atoms with van der Waals surface area (Å²) in [4.78, 5) is 0. The van der Waals surface area contributed by atoms with E-state index in [9.17, 15) is 8.78 Å². The molecule has 0 fully saturated rings. The minimum Gasteiger partial charge on any atom is -0.490 e. The first-order valence-electron chi connectivity index (χ1n) is 13.2. The average molecular weight is 493 g/mol. The van der Waals surface area contributed by atoms with Gasteiger partial charge in [0.25, 0.3) is 0 Å². The van der Waals surface area contributed by atoms with Crippen molar-refractivity contribution in [1.29, 1.82) is 0 Å². The van der Waals surface area contributed by atoms with E-state index in [4.69, 9.17) is 4.74 Å². The van der Waals surface area contributed by atoms with Crippen molar-refractivity contribution in [3.05, 3.63) is 83.7 Å². The fourth-order valence-corrected chi connectivity index (χ4v) is 4.95. The second-order valence-corrected chi connectivity index (χ2v) is 9.73. The molecule has 0 bridgehead atoms. The summed E-state index contributed by atoms with van der Waals surface area (Å²) in [6.45, 7) is 4.46. The van der Waals surface area contributed by atoms with Gasteiger partial charge in [0.2, 0.25) is 5.82 Å². The van der Waals surface area contributed by atoms with Crippen LogP contribution in [0.4, 0.5) is 13.2 Å². The van der Waals surface area contributed by atoms with Crippen LogP contribution in [-0.4, -0.2) is 6.61 Å². The molecule has 1 aliphatic rings. The third kappa shape index (κ3) is 6.03. The maximum absolute atomic E-state index is 15.1. The Balaban J connectivity index is 1.47. The zero-order chi connectivity index (χ0) is 25.5. The molecular weight excluding hydrogens is 457 g/mol. The number of benzene rings is 3. The van der Waals surface area contributed by atoms with Crippen LogP contribution in [0.2, 0.25) is 0 Å². The summed E-state index contributed by atoms with van der Waals surface area (Å²) in [5, 5.41) is 0. The molecule has 3 aromatic carbocycles. The number of allylic oxidation sites excluding steroid dienone is 2. The number of halogens is 3. The lowest BCUT2D eigenvalue weighted by Gasteiger charge is -2.22. The fourth-order valence-electron chi connectivity index (χ4n) is 4.95. The smallest absolute Gasteiger partial charge is 0.201 e.